The van der Waals surface area contributed by atoms with Crippen molar-refractivity contribution in [2.24, 2.45) is 0 Å². The van der Waals surface area contributed by atoms with Crippen molar-refractivity contribution in [3.05, 3.63) is 42.1 Å². The van der Waals surface area contributed by atoms with Crippen LogP contribution in [0.25, 0.3) is 10.9 Å². The van der Waals surface area contributed by atoms with Gasteiger partial charge in [-0.05, 0) is 26.1 Å². The first-order valence-corrected chi connectivity index (χ1v) is 6.01. The number of fused-ring (bicyclic) bond motifs is 1. The number of nitrogens with zero attached hydrogens (tertiary/aromatic N) is 1. The SMILES string of the molecule is CNC(C)CNC(=O)c1cccc2cccnc12. The molecule has 1 amide bonds. The molecule has 0 saturated heterocycles. The van der Waals surface area contributed by atoms with Crippen LogP contribution >= 0.6 is 0 Å². The second kappa shape index (κ2) is 5.60. The number of hydrogen-bond acceptors (Lipinski definition) is 3. The number of nitrogens with one attached hydrogen (secondary N) is 2. The third kappa shape index (κ3) is 2.65. The molecule has 0 aliphatic rings. The summed E-state index contributed by atoms with van der Waals surface area (Å²) in [4.78, 5) is 16.4. The summed E-state index contributed by atoms with van der Waals surface area (Å²) < 4.78 is 0. The van der Waals surface area contributed by atoms with Crippen LogP contribution in [0.4, 0.5) is 0 Å². The Morgan fingerprint density at radius 2 is 2.11 bits per heavy atom. The number of carbonyl (C=O) groups is 1. The van der Waals surface area contributed by atoms with Gasteiger partial charge in [0.05, 0.1) is 11.1 Å². The number of hydrogen-bond donors (Lipinski definition) is 2. The van der Waals surface area contributed by atoms with Gasteiger partial charge in [0.1, 0.15) is 0 Å². The van der Waals surface area contributed by atoms with Crippen molar-refractivity contribution in [1.82, 2.24) is 15.6 Å². The molecule has 0 spiro atoms. The molecule has 1 atom stereocenters. The van der Waals surface area contributed by atoms with E-state index in [0.29, 0.717) is 12.1 Å². The van der Waals surface area contributed by atoms with Gasteiger partial charge < -0.3 is 10.6 Å². The van der Waals surface area contributed by atoms with Gasteiger partial charge in [-0.25, -0.2) is 0 Å². The molecule has 0 saturated carbocycles. The molecule has 1 aromatic carbocycles. The van der Waals surface area contributed by atoms with Gasteiger partial charge in [-0.3, -0.25) is 9.78 Å². The lowest BCUT2D eigenvalue weighted by Gasteiger charge is -2.12. The van der Waals surface area contributed by atoms with Gasteiger partial charge in [0.25, 0.3) is 5.91 Å². The smallest absolute Gasteiger partial charge is 0.253 e. The lowest BCUT2D eigenvalue weighted by Crippen LogP contribution is -2.37. The van der Waals surface area contributed by atoms with Gasteiger partial charge in [-0.1, -0.05) is 18.2 Å². The van der Waals surface area contributed by atoms with Crippen LogP contribution in [0.5, 0.6) is 0 Å². The van der Waals surface area contributed by atoms with Gasteiger partial charge in [0.2, 0.25) is 0 Å². The maximum Gasteiger partial charge on any atom is 0.253 e. The zero-order valence-electron chi connectivity index (χ0n) is 10.6. The van der Waals surface area contributed by atoms with Gasteiger partial charge in [-0.2, -0.15) is 0 Å². The Bertz CT molecular complexity index is 548. The highest BCUT2D eigenvalue weighted by Gasteiger charge is 2.10. The Morgan fingerprint density at radius 1 is 1.33 bits per heavy atom. The predicted octanol–water partition coefficient (Wildman–Crippen LogP) is 1.57. The molecule has 2 rings (SSSR count). The zero-order valence-corrected chi connectivity index (χ0v) is 10.6. The maximum absolute atomic E-state index is 12.1. The molecule has 94 valence electrons. The van der Waals surface area contributed by atoms with E-state index in [9.17, 15) is 4.79 Å². The summed E-state index contributed by atoms with van der Waals surface area (Å²) in [6.45, 7) is 2.61. The Morgan fingerprint density at radius 3 is 2.89 bits per heavy atom. The van der Waals surface area contributed by atoms with Gasteiger partial charge >= 0.3 is 0 Å². The molecule has 2 N–H and O–H groups in total. The summed E-state index contributed by atoms with van der Waals surface area (Å²) in [5, 5.41) is 6.96. The standard InChI is InChI=1S/C14H17N3O/c1-10(15-2)9-17-14(18)12-7-3-5-11-6-4-8-16-13(11)12/h3-8,10,15H,9H2,1-2H3,(H,17,18). The predicted molar refractivity (Wildman–Crippen MR) is 72.6 cm³/mol. The zero-order chi connectivity index (χ0) is 13.0. The van der Waals surface area contributed by atoms with Crippen molar-refractivity contribution >= 4 is 16.8 Å². The number of aromatic nitrogens is 1. The van der Waals surface area contributed by atoms with Crippen molar-refractivity contribution in [2.45, 2.75) is 13.0 Å². The molecular weight excluding hydrogens is 226 g/mol. The molecule has 2 aromatic rings. The lowest BCUT2D eigenvalue weighted by molar-refractivity contribution is 0.0952. The second-order valence-electron chi connectivity index (χ2n) is 4.28. The molecule has 0 aliphatic carbocycles. The van der Waals surface area contributed by atoms with Crippen molar-refractivity contribution in [1.29, 1.82) is 0 Å². The molecule has 0 bridgehead atoms. The summed E-state index contributed by atoms with van der Waals surface area (Å²) in [6, 6.07) is 9.70. The van der Waals surface area contributed by atoms with Crippen LogP contribution in [0.15, 0.2) is 36.5 Å². The van der Waals surface area contributed by atoms with E-state index in [-0.39, 0.29) is 11.9 Å². The van der Waals surface area contributed by atoms with Crippen molar-refractivity contribution < 1.29 is 4.79 Å². The Kier molecular flexibility index (Phi) is 3.89. The van der Waals surface area contributed by atoms with Crippen LogP contribution in [0, 0.1) is 0 Å². The molecule has 0 fully saturated rings. The molecule has 1 unspecified atom stereocenters. The number of carbonyl (C=O) groups excluding carboxylic acids is 1. The van der Waals surface area contributed by atoms with Crippen LogP contribution in [-0.2, 0) is 0 Å². The van der Waals surface area contributed by atoms with Gasteiger partial charge in [0.15, 0.2) is 0 Å². The van der Waals surface area contributed by atoms with E-state index in [1.807, 2.05) is 38.2 Å². The van der Waals surface area contributed by atoms with E-state index in [1.165, 1.54) is 0 Å². The average molecular weight is 243 g/mol. The highest BCUT2D eigenvalue weighted by atomic mass is 16.1. The van der Waals surface area contributed by atoms with Crippen molar-refractivity contribution in [2.75, 3.05) is 13.6 Å². The molecule has 4 heteroatoms. The van der Waals surface area contributed by atoms with Crippen LogP contribution in [0.2, 0.25) is 0 Å². The minimum Gasteiger partial charge on any atom is -0.350 e. The van der Waals surface area contributed by atoms with E-state index in [0.717, 1.165) is 10.9 Å². The minimum absolute atomic E-state index is 0.0820. The monoisotopic (exact) mass is 243 g/mol. The fourth-order valence-corrected chi connectivity index (χ4v) is 1.73. The van der Waals surface area contributed by atoms with E-state index in [4.69, 9.17) is 0 Å². The molecule has 0 aliphatic heterocycles. The molecule has 1 aromatic heterocycles. The summed E-state index contributed by atoms with van der Waals surface area (Å²) in [7, 11) is 1.87. The molecule has 0 radical (unpaired) electrons. The number of pyridine rings is 1. The summed E-state index contributed by atoms with van der Waals surface area (Å²) in [6.07, 6.45) is 1.70. The van der Waals surface area contributed by atoms with Gasteiger partial charge in [0, 0.05) is 24.2 Å². The van der Waals surface area contributed by atoms with Crippen LogP contribution in [-0.4, -0.2) is 30.5 Å². The third-order valence-corrected chi connectivity index (χ3v) is 2.94. The number of rotatable bonds is 4. The Balaban J connectivity index is 2.22. The van der Waals surface area contributed by atoms with E-state index < -0.39 is 0 Å². The highest BCUT2D eigenvalue weighted by molar-refractivity contribution is 6.05. The van der Waals surface area contributed by atoms with E-state index in [1.54, 1.807) is 12.3 Å². The van der Waals surface area contributed by atoms with Crippen LogP contribution in [0.3, 0.4) is 0 Å². The largest absolute Gasteiger partial charge is 0.350 e. The summed E-state index contributed by atoms with van der Waals surface area (Å²) >= 11 is 0. The Labute approximate surface area is 106 Å². The van der Waals surface area contributed by atoms with Crippen LogP contribution < -0.4 is 10.6 Å². The fourth-order valence-electron chi connectivity index (χ4n) is 1.73. The summed E-state index contributed by atoms with van der Waals surface area (Å²) in [5.41, 5.74) is 1.37. The number of para-hydroxylation sites is 1. The average Bonchev–Trinajstić information content (AvgIpc) is 2.43. The molecular formula is C14H17N3O. The van der Waals surface area contributed by atoms with Crippen molar-refractivity contribution in [3.63, 3.8) is 0 Å². The maximum atomic E-state index is 12.1. The van der Waals surface area contributed by atoms with Crippen molar-refractivity contribution in [3.8, 4) is 0 Å². The minimum atomic E-state index is -0.0820. The number of benzene rings is 1. The highest BCUT2D eigenvalue weighted by Crippen LogP contribution is 2.15. The normalized spacial score (nSPS) is 12.3. The Hall–Kier alpha value is -1.94. The quantitative estimate of drug-likeness (QED) is 0.857. The molecule has 1 heterocycles. The molecule has 18 heavy (non-hydrogen) atoms. The molecule has 4 nitrogen and oxygen atoms in total. The first kappa shape index (κ1) is 12.5. The second-order valence-corrected chi connectivity index (χ2v) is 4.28. The summed E-state index contributed by atoms with van der Waals surface area (Å²) in [5.74, 6) is -0.0820. The third-order valence-electron chi connectivity index (χ3n) is 2.94. The van der Waals surface area contributed by atoms with Gasteiger partial charge in [-0.15, -0.1) is 0 Å². The van der Waals surface area contributed by atoms with Crippen LogP contribution in [0.1, 0.15) is 17.3 Å². The lowest BCUT2D eigenvalue weighted by atomic mass is 10.1. The van der Waals surface area contributed by atoms with E-state index in [2.05, 4.69) is 15.6 Å². The topological polar surface area (TPSA) is 54.0 Å². The fraction of sp³-hybridized carbons (Fsp3) is 0.286. The first-order valence-electron chi connectivity index (χ1n) is 6.01. The number of likely N-dealkylation sites (N-methyl/N-ethyl adjacent to an activating group) is 1. The number of amides is 1. The first-order chi connectivity index (χ1) is 8.72. The van der Waals surface area contributed by atoms with E-state index >= 15 is 0 Å².